The van der Waals surface area contributed by atoms with Crippen LogP contribution in [0.3, 0.4) is 0 Å². The van der Waals surface area contributed by atoms with E-state index in [9.17, 15) is 9.90 Å². The number of H-pyrrole nitrogens is 1. The normalized spacial score (nSPS) is 11.6. The zero-order valence-corrected chi connectivity index (χ0v) is 14.1. The van der Waals surface area contributed by atoms with E-state index in [1.807, 2.05) is 25.1 Å². The fourth-order valence-corrected chi connectivity index (χ4v) is 2.23. The van der Waals surface area contributed by atoms with Gasteiger partial charge in [0.1, 0.15) is 17.5 Å². The molecule has 0 aliphatic heterocycles. The fraction of sp³-hybridized carbons (Fsp3) is 0.188. The Hall–Kier alpha value is -2.58. The number of anilines is 3. The molecule has 3 heterocycles. The van der Waals surface area contributed by atoms with Crippen molar-refractivity contribution in [2.75, 3.05) is 17.2 Å². The summed E-state index contributed by atoms with van der Waals surface area (Å²) in [4.78, 5) is 23.4. The first-order valence-corrected chi connectivity index (χ1v) is 7.25. The van der Waals surface area contributed by atoms with E-state index in [0.29, 0.717) is 22.8 Å². The molecule has 3 aromatic heterocycles. The Morgan fingerprint density at radius 1 is 1.29 bits per heavy atom. The van der Waals surface area contributed by atoms with E-state index in [0.717, 1.165) is 5.39 Å². The summed E-state index contributed by atoms with van der Waals surface area (Å²) in [5.41, 5.74) is -0.230. The highest BCUT2D eigenvalue weighted by atomic mass is 32.1. The number of nitrogens with one attached hydrogen (secondary N) is 3. The van der Waals surface area contributed by atoms with E-state index in [1.165, 1.54) is 0 Å². The third-order valence-corrected chi connectivity index (χ3v) is 3.33. The van der Waals surface area contributed by atoms with Crippen LogP contribution < -0.4 is 16.2 Å². The standard InChI is InChI=1S/C16H17N5O2.H2S/c1-10(9-22)19-15-14-11(5-7-18-16(14)23)8-13(21-15)20-12-4-2-3-6-17-12;/h2-8,10,22H,9H2,1H3,(H,18,23)(H2,17,19,20,21);1H2/t10-;/m0./s1. The minimum Gasteiger partial charge on any atom is -0.394 e. The summed E-state index contributed by atoms with van der Waals surface area (Å²) in [6, 6.07) is 8.89. The topological polar surface area (TPSA) is 103 Å². The van der Waals surface area contributed by atoms with Crippen LogP contribution in [0.1, 0.15) is 6.92 Å². The zero-order valence-electron chi connectivity index (χ0n) is 13.1. The molecule has 0 unspecified atom stereocenters. The first-order chi connectivity index (χ1) is 11.2. The Balaban J connectivity index is 0.00000208. The van der Waals surface area contributed by atoms with Crippen molar-refractivity contribution in [3.63, 3.8) is 0 Å². The summed E-state index contributed by atoms with van der Waals surface area (Å²) in [5, 5.41) is 16.6. The van der Waals surface area contributed by atoms with Crippen LogP contribution in [0.5, 0.6) is 0 Å². The van der Waals surface area contributed by atoms with Crippen molar-refractivity contribution in [1.29, 1.82) is 0 Å². The molecule has 0 radical (unpaired) electrons. The molecule has 3 rings (SSSR count). The van der Waals surface area contributed by atoms with Gasteiger partial charge >= 0.3 is 0 Å². The molecule has 0 saturated carbocycles. The summed E-state index contributed by atoms with van der Waals surface area (Å²) >= 11 is 0. The van der Waals surface area contributed by atoms with Crippen LogP contribution in [-0.2, 0) is 0 Å². The number of hydrogen-bond acceptors (Lipinski definition) is 6. The highest BCUT2D eigenvalue weighted by Gasteiger charge is 2.12. The highest BCUT2D eigenvalue weighted by Crippen LogP contribution is 2.23. The molecule has 0 aliphatic rings. The Morgan fingerprint density at radius 2 is 2.12 bits per heavy atom. The quantitative estimate of drug-likeness (QED) is 0.564. The third-order valence-electron chi connectivity index (χ3n) is 3.33. The molecule has 0 aromatic carbocycles. The van der Waals surface area contributed by atoms with Crippen molar-refractivity contribution in [3.8, 4) is 0 Å². The van der Waals surface area contributed by atoms with E-state index in [1.54, 1.807) is 24.5 Å². The van der Waals surface area contributed by atoms with Crippen molar-refractivity contribution < 1.29 is 5.11 Å². The number of pyridine rings is 3. The first-order valence-electron chi connectivity index (χ1n) is 7.25. The van der Waals surface area contributed by atoms with Gasteiger partial charge < -0.3 is 20.7 Å². The second-order valence-electron chi connectivity index (χ2n) is 5.20. The van der Waals surface area contributed by atoms with Crippen LogP contribution in [0.15, 0.2) is 47.5 Å². The lowest BCUT2D eigenvalue weighted by Crippen LogP contribution is -2.22. The van der Waals surface area contributed by atoms with Crippen molar-refractivity contribution in [3.05, 3.63) is 53.1 Å². The van der Waals surface area contributed by atoms with Crippen LogP contribution in [0.4, 0.5) is 17.5 Å². The van der Waals surface area contributed by atoms with Crippen LogP contribution in [0.25, 0.3) is 10.8 Å². The maximum absolute atomic E-state index is 12.1. The van der Waals surface area contributed by atoms with Crippen molar-refractivity contribution >= 4 is 41.7 Å². The number of fused-ring (bicyclic) bond motifs is 1. The zero-order chi connectivity index (χ0) is 16.2. The van der Waals surface area contributed by atoms with Crippen LogP contribution in [0, 0.1) is 0 Å². The van der Waals surface area contributed by atoms with Gasteiger partial charge in [0.25, 0.3) is 5.56 Å². The Labute approximate surface area is 145 Å². The van der Waals surface area contributed by atoms with Crippen LogP contribution in [0.2, 0.25) is 0 Å². The van der Waals surface area contributed by atoms with E-state index >= 15 is 0 Å². The first kappa shape index (κ1) is 17.8. The maximum Gasteiger partial charge on any atom is 0.259 e. The molecule has 0 spiro atoms. The van der Waals surface area contributed by atoms with Crippen molar-refractivity contribution in [2.45, 2.75) is 13.0 Å². The molecule has 0 bridgehead atoms. The Bertz CT molecular complexity index is 869. The maximum atomic E-state index is 12.1. The van der Waals surface area contributed by atoms with Crippen LogP contribution >= 0.6 is 13.5 Å². The molecule has 0 fully saturated rings. The largest absolute Gasteiger partial charge is 0.394 e. The third kappa shape index (κ3) is 3.84. The summed E-state index contributed by atoms with van der Waals surface area (Å²) in [7, 11) is 0. The van der Waals surface area contributed by atoms with E-state index in [4.69, 9.17) is 0 Å². The molecule has 126 valence electrons. The number of nitrogens with zero attached hydrogens (tertiary/aromatic N) is 2. The molecular formula is C16H19N5O2S. The van der Waals surface area contributed by atoms with Gasteiger partial charge in [-0.15, -0.1) is 0 Å². The van der Waals surface area contributed by atoms with Gasteiger partial charge in [0.15, 0.2) is 0 Å². The highest BCUT2D eigenvalue weighted by molar-refractivity contribution is 7.59. The van der Waals surface area contributed by atoms with Crippen LogP contribution in [-0.4, -0.2) is 32.7 Å². The molecule has 4 N–H and O–H groups in total. The predicted octanol–water partition coefficient (Wildman–Crippen LogP) is 1.97. The van der Waals surface area contributed by atoms with Gasteiger partial charge in [-0.2, -0.15) is 13.5 Å². The molecular weight excluding hydrogens is 326 g/mol. The minimum atomic E-state index is -0.230. The Morgan fingerprint density at radius 3 is 2.83 bits per heavy atom. The van der Waals surface area contributed by atoms with Crippen molar-refractivity contribution in [1.82, 2.24) is 15.0 Å². The monoisotopic (exact) mass is 345 g/mol. The number of aromatic nitrogens is 3. The smallest absolute Gasteiger partial charge is 0.259 e. The van der Waals surface area contributed by atoms with E-state index in [-0.39, 0.29) is 31.7 Å². The van der Waals surface area contributed by atoms with Crippen molar-refractivity contribution in [2.24, 2.45) is 0 Å². The molecule has 3 aromatic rings. The summed E-state index contributed by atoms with van der Waals surface area (Å²) in [6.45, 7) is 1.75. The number of hydrogen-bond donors (Lipinski definition) is 4. The van der Waals surface area contributed by atoms with E-state index < -0.39 is 0 Å². The molecule has 7 nitrogen and oxygen atoms in total. The van der Waals surface area contributed by atoms with Gasteiger partial charge in [-0.1, -0.05) is 6.07 Å². The van der Waals surface area contributed by atoms with Gasteiger partial charge in [-0.05, 0) is 36.6 Å². The molecule has 0 aliphatic carbocycles. The fourth-order valence-electron chi connectivity index (χ4n) is 2.23. The number of rotatable bonds is 5. The van der Waals surface area contributed by atoms with Gasteiger partial charge in [-0.3, -0.25) is 4.79 Å². The Kier molecular flexibility index (Phi) is 5.78. The molecule has 8 heteroatoms. The second-order valence-corrected chi connectivity index (χ2v) is 5.20. The predicted molar refractivity (Wildman–Crippen MR) is 100 cm³/mol. The lowest BCUT2D eigenvalue weighted by Gasteiger charge is -2.15. The number of aliphatic hydroxyl groups excluding tert-OH is 1. The van der Waals surface area contributed by atoms with Gasteiger partial charge in [0.2, 0.25) is 0 Å². The number of aliphatic hydroxyl groups is 1. The molecule has 24 heavy (non-hydrogen) atoms. The summed E-state index contributed by atoms with van der Waals surface area (Å²) < 4.78 is 0. The molecule has 1 atom stereocenters. The average Bonchev–Trinajstić information content (AvgIpc) is 2.55. The summed E-state index contributed by atoms with van der Waals surface area (Å²) in [5.74, 6) is 1.64. The SMILES string of the molecule is C[C@@H](CO)Nc1nc(Nc2ccccn2)cc2cc[nH]c(=O)c12.S. The lowest BCUT2D eigenvalue weighted by atomic mass is 10.2. The van der Waals surface area contributed by atoms with Gasteiger partial charge in [0.05, 0.1) is 12.0 Å². The van der Waals surface area contributed by atoms with Gasteiger partial charge in [0, 0.05) is 18.4 Å². The molecule has 0 saturated heterocycles. The lowest BCUT2D eigenvalue weighted by molar-refractivity contribution is 0.281. The number of aromatic amines is 1. The summed E-state index contributed by atoms with van der Waals surface area (Å²) in [6.07, 6.45) is 3.27. The second kappa shape index (κ2) is 7.80. The van der Waals surface area contributed by atoms with E-state index in [2.05, 4.69) is 25.6 Å². The van der Waals surface area contributed by atoms with Gasteiger partial charge in [-0.25, -0.2) is 9.97 Å². The minimum absolute atomic E-state index is 0. The molecule has 0 amide bonds. The average molecular weight is 345 g/mol.